The Bertz CT molecular complexity index is 803. The molecule has 0 aliphatic heterocycles. The maximum Gasteiger partial charge on any atom is 0.277 e. The Kier molecular flexibility index (Phi) is 4.71. The molecule has 24 heavy (non-hydrogen) atoms. The second-order valence-electron chi connectivity index (χ2n) is 6.43. The lowest BCUT2D eigenvalue weighted by molar-refractivity contribution is 0.458. The van der Waals surface area contributed by atoms with E-state index in [1.54, 1.807) is 0 Å². The maximum absolute atomic E-state index is 5.70. The van der Waals surface area contributed by atoms with Crippen molar-refractivity contribution in [2.24, 2.45) is 0 Å². The molecule has 6 nitrogen and oxygen atoms in total. The van der Waals surface area contributed by atoms with Crippen molar-refractivity contribution in [1.82, 2.24) is 20.4 Å². The third kappa shape index (κ3) is 3.84. The van der Waals surface area contributed by atoms with Crippen LogP contribution in [0.4, 0.5) is 0 Å². The molecule has 0 aliphatic rings. The van der Waals surface area contributed by atoms with Crippen LogP contribution >= 0.6 is 11.8 Å². The first kappa shape index (κ1) is 16.7. The highest BCUT2D eigenvalue weighted by Crippen LogP contribution is 2.28. The standard InChI is InChI=1S/C17H20N4O2S/c1-5-13-18-19-14(22-13)10-24-16-21-20-15(23-16)11-6-8-12(9-7-11)17(2,3)4/h6-9H,5,10H2,1-4H3. The second-order valence-corrected chi connectivity index (χ2v) is 7.36. The van der Waals surface area contributed by atoms with Crippen LogP contribution in [0.15, 0.2) is 38.3 Å². The summed E-state index contributed by atoms with van der Waals surface area (Å²) in [7, 11) is 0. The molecule has 0 atom stereocenters. The predicted octanol–water partition coefficient (Wildman–Crippen LogP) is 4.27. The van der Waals surface area contributed by atoms with Gasteiger partial charge in [-0.1, -0.05) is 51.6 Å². The van der Waals surface area contributed by atoms with E-state index in [1.807, 2.05) is 19.1 Å². The topological polar surface area (TPSA) is 77.8 Å². The van der Waals surface area contributed by atoms with E-state index in [0.717, 1.165) is 12.0 Å². The van der Waals surface area contributed by atoms with Gasteiger partial charge in [-0.25, -0.2) is 0 Å². The van der Waals surface area contributed by atoms with Crippen LogP contribution in [0.25, 0.3) is 11.5 Å². The van der Waals surface area contributed by atoms with Crippen molar-refractivity contribution in [3.8, 4) is 11.5 Å². The number of benzene rings is 1. The molecule has 0 amide bonds. The lowest BCUT2D eigenvalue weighted by Gasteiger charge is -2.18. The van der Waals surface area contributed by atoms with E-state index in [4.69, 9.17) is 8.83 Å². The zero-order chi connectivity index (χ0) is 17.2. The van der Waals surface area contributed by atoms with Crippen LogP contribution in [0.1, 0.15) is 45.0 Å². The zero-order valence-corrected chi connectivity index (χ0v) is 15.1. The van der Waals surface area contributed by atoms with Crippen LogP contribution in [0.5, 0.6) is 0 Å². The fourth-order valence-corrected chi connectivity index (χ4v) is 2.71. The van der Waals surface area contributed by atoms with Crippen LogP contribution < -0.4 is 0 Å². The molecule has 126 valence electrons. The molecule has 3 rings (SSSR count). The van der Waals surface area contributed by atoms with Crippen molar-refractivity contribution in [3.05, 3.63) is 41.6 Å². The second kappa shape index (κ2) is 6.76. The highest BCUT2D eigenvalue weighted by atomic mass is 32.2. The first-order chi connectivity index (χ1) is 11.5. The molecule has 0 radical (unpaired) electrons. The summed E-state index contributed by atoms with van der Waals surface area (Å²) in [6.45, 7) is 8.53. The van der Waals surface area contributed by atoms with Crippen LogP contribution in [0.3, 0.4) is 0 Å². The first-order valence-electron chi connectivity index (χ1n) is 7.84. The number of aryl methyl sites for hydroxylation is 1. The van der Waals surface area contributed by atoms with Gasteiger partial charge in [-0.2, -0.15) is 0 Å². The summed E-state index contributed by atoms with van der Waals surface area (Å²) in [5, 5.41) is 16.6. The van der Waals surface area contributed by atoms with Gasteiger partial charge in [-0.3, -0.25) is 0 Å². The van der Waals surface area contributed by atoms with Gasteiger partial charge < -0.3 is 8.83 Å². The van der Waals surface area contributed by atoms with Gasteiger partial charge in [0.15, 0.2) is 0 Å². The number of nitrogens with zero attached hydrogens (tertiary/aromatic N) is 4. The lowest BCUT2D eigenvalue weighted by Crippen LogP contribution is -2.10. The van der Waals surface area contributed by atoms with Crippen molar-refractivity contribution in [2.45, 2.75) is 50.5 Å². The Morgan fingerprint density at radius 3 is 2.25 bits per heavy atom. The molecule has 0 N–H and O–H groups in total. The summed E-state index contributed by atoms with van der Waals surface area (Å²) in [5.74, 6) is 2.22. The van der Waals surface area contributed by atoms with Crippen LogP contribution in [-0.2, 0) is 17.6 Å². The van der Waals surface area contributed by atoms with Crippen LogP contribution in [-0.4, -0.2) is 20.4 Å². The van der Waals surface area contributed by atoms with Gasteiger partial charge in [0.2, 0.25) is 17.7 Å². The van der Waals surface area contributed by atoms with Crippen molar-refractivity contribution in [1.29, 1.82) is 0 Å². The quantitative estimate of drug-likeness (QED) is 0.639. The lowest BCUT2D eigenvalue weighted by atomic mass is 9.87. The normalized spacial score (nSPS) is 11.8. The smallest absolute Gasteiger partial charge is 0.277 e. The third-order valence-electron chi connectivity index (χ3n) is 3.53. The summed E-state index contributed by atoms with van der Waals surface area (Å²) < 4.78 is 11.2. The van der Waals surface area contributed by atoms with E-state index in [0.29, 0.717) is 28.6 Å². The number of thioether (sulfide) groups is 1. The number of rotatable bonds is 5. The Morgan fingerprint density at radius 1 is 0.917 bits per heavy atom. The summed E-state index contributed by atoms with van der Waals surface area (Å²) in [5.41, 5.74) is 2.30. The molecule has 1 aromatic carbocycles. The van der Waals surface area contributed by atoms with Crippen molar-refractivity contribution in [2.75, 3.05) is 0 Å². The Labute approximate surface area is 145 Å². The SMILES string of the molecule is CCc1nnc(CSc2nnc(-c3ccc(C(C)(C)C)cc3)o2)o1. The molecule has 3 aromatic rings. The number of hydrogen-bond acceptors (Lipinski definition) is 7. The summed E-state index contributed by atoms with van der Waals surface area (Å²) in [6.07, 6.45) is 0.729. The molecule has 0 saturated heterocycles. The molecule has 7 heteroatoms. The van der Waals surface area contributed by atoms with E-state index in [1.165, 1.54) is 17.3 Å². The first-order valence-corrected chi connectivity index (χ1v) is 8.82. The number of hydrogen-bond donors (Lipinski definition) is 0. The van der Waals surface area contributed by atoms with E-state index < -0.39 is 0 Å². The Balaban J connectivity index is 1.66. The van der Waals surface area contributed by atoms with Crippen LogP contribution in [0.2, 0.25) is 0 Å². The van der Waals surface area contributed by atoms with Gasteiger partial charge in [0.1, 0.15) is 0 Å². The van der Waals surface area contributed by atoms with Crippen molar-refractivity contribution >= 4 is 11.8 Å². The van der Waals surface area contributed by atoms with E-state index in [-0.39, 0.29) is 5.41 Å². The predicted molar refractivity (Wildman–Crippen MR) is 91.7 cm³/mol. The molecule has 0 fully saturated rings. The minimum atomic E-state index is 0.121. The highest BCUT2D eigenvalue weighted by molar-refractivity contribution is 7.98. The minimum Gasteiger partial charge on any atom is -0.424 e. The number of aromatic nitrogens is 4. The average Bonchev–Trinajstić information content (AvgIpc) is 3.21. The molecule has 2 aromatic heterocycles. The largest absolute Gasteiger partial charge is 0.424 e. The Morgan fingerprint density at radius 2 is 1.62 bits per heavy atom. The Hall–Kier alpha value is -2.15. The zero-order valence-electron chi connectivity index (χ0n) is 14.2. The fourth-order valence-electron chi connectivity index (χ4n) is 2.11. The molecule has 0 bridgehead atoms. The fraction of sp³-hybridized carbons (Fsp3) is 0.412. The van der Waals surface area contributed by atoms with Crippen molar-refractivity contribution in [3.63, 3.8) is 0 Å². The molecule has 0 unspecified atom stereocenters. The highest BCUT2D eigenvalue weighted by Gasteiger charge is 2.15. The summed E-state index contributed by atoms with van der Waals surface area (Å²) in [4.78, 5) is 0. The maximum atomic E-state index is 5.70. The van der Waals surface area contributed by atoms with Gasteiger partial charge in [-0.05, 0) is 23.1 Å². The van der Waals surface area contributed by atoms with Crippen LogP contribution in [0, 0.1) is 0 Å². The van der Waals surface area contributed by atoms with Gasteiger partial charge in [-0.15, -0.1) is 20.4 Å². The summed E-state index contributed by atoms with van der Waals surface area (Å²) >= 11 is 1.38. The van der Waals surface area contributed by atoms with E-state index in [2.05, 4.69) is 53.3 Å². The third-order valence-corrected chi connectivity index (χ3v) is 4.34. The molecule has 0 saturated carbocycles. The molecule has 2 heterocycles. The van der Waals surface area contributed by atoms with Gasteiger partial charge in [0.05, 0.1) is 5.75 Å². The van der Waals surface area contributed by atoms with Gasteiger partial charge in [0.25, 0.3) is 5.22 Å². The van der Waals surface area contributed by atoms with Crippen molar-refractivity contribution < 1.29 is 8.83 Å². The molecule has 0 aliphatic carbocycles. The molecular formula is C17H20N4O2S. The average molecular weight is 344 g/mol. The summed E-state index contributed by atoms with van der Waals surface area (Å²) in [6, 6.07) is 8.20. The minimum absolute atomic E-state index is 0.121. The molecular weight excluding hydrogens is 324 g/mol. The van der Waals surface area contributed by atoms with E-state index in [9.17, 15) is 0 Å². The monoisotopic (exact) mass is 344 g/mol. The van der Waals surface area contributed by atoms with Gasteiger partial charge >= 0.3 is 0 Å². The van der Waals surface area contributed by atoms with Gasteiger partial charge in [0, 0.05) is 12.0 Å². The van der Waals surface area contributed by atoms with E-state index >= 15 is 0 Å². The molecule has 0 spiro atoms.